The van der Waals surface area contributed by atoms with Gasteiger partial charge in [-0.1, -0.05) is 0 Å². The maximum Gasteiger partial charge on any atom is 0.306 e. The first kappa shape index (κ1) is 7.73. The van der Waals surface area contributed by atoms with Crippen LogP contribution in [0.25, 0.3) is 0 Å². The van der Waals surface area contributed by atoms with E-state index in [1.54, 1.807) is 0 Å². The van der Waals surface area contributed by atoms with E-state index in [0.717, 1.165) is 0 Å². The average molecular weight is 186 g/mol. The van der Waals surface area contributed by atoms with Gasteiger partial charge in [-0.25, -0.2) is 0 Å². The minimum atomic E-state index is -0.727. The molecule has 1 N–H and O–H groups in total. The van der Waals surface area contributed by atoms with E-state index in [9.17, 15) is 9.90 Å². The molecule has 0 spiro atoms. The van der Waals surface area contributed by atoms with Gasteiger partial charge >= 0.3 is 5.97 Å². The molecule has 5 nitrogen and oxygen atoms in total. The van der Waals surface area contributed by atoms with Crippen LogP contribution >= 0.6 is 0 Å². The number of carbonyl (C=O) groups excluding carboxylic acids is 1. The topological polar surface area (TPSA) is 65.0 Å². The number of aliphatic hydroxyl groups excluding tert-OH is 1. The molecule has 5 heteroatoms. The first-order valence-corrected chi connectivity index (χ1v) is 4.40. The Hall–Kier alpha value is -0.650. The fraction of sp³-hybridized carbons (Fsp3) is 0.875. The van der Waals surface area contributed by atoms with Gasteiger partial charge in [-0.15, -0.1) is 0 Å². The molecule has 3 aliphatic rings. The molecule has 0 aromatic heterocycles. The normalized spacial score (nSPS) is 53.3. The van der Waals surface area contributed by atoms with Gasteiger partial charge in [0, 0.05) is 0 Å². The van der Waals surface area contributed by atoms with Crippen molar-refractivity contribution in [1.29, 1.82) is 0 Å². The maximum absolute atomic E-state index is 11.0. The van der Waals surface area contributed by atoms with Crippen LogP contribution in [-0.4, -0.2) is 42.3 Å². The zero-order valence-electron chi connectivity index (χ0n) is 6.88. The van der Waals surface area contributed by atoms with Gasteiger partial charge < -0.3 is 19.3 Å². The van der Waals surface area contributed by atoms with Crippen LogP contribution in [-0.2, 0) is 19.0 Å². The third-order valence-corrected chi connectivity index (χ3v) is 2.89. The lowest BCUT2D eigenvalue weighted by Crippen LogP contribution is -2.48. The Kier molecular flexibility index (Phi) is 1.45. The van der Waals surface area contributed by atoms with E-state index >= 15 is 0 Å². The van der Waals surface area contributed by atoms with Crippen molar-refractivity contribution in [3.63, 3.8) is 0 Å². The number of hydrogen-bond acceptors (Lipinski definition) is 5. The summed E-state index contributed by atoms with van der Waals surface area (Å²) in [7, 11) is 0. The number of rotatable bonds is 0. The zero-order valence-corrected chi connectivity index (χ0v) is 6.88. The van der Waals surface area contributed by atoms with E-state index in [4.69, 9.17) is 14.2 Å². The Labute approximate surface area is 74.6 Å². The quantitative estimate of drug-likeness (QED) is 0.493. The van der Waals surface area contributed by atoms with Crippen LogP contribution in [0.3, 0.4) is 0 Å². The summed E-state index contributed by atoms with van der Waals surface area (Å²) >= 11 is 0. The van der Waals surface area contributed by atoms with Crippen molar-refractivity contribution >= 4 is 5.97 Å². The van der Waals surface area contributed by atoms with E-state index in [1.807, 2.05) is 0 Å². The lowest BCUT2D eigenvalue weighted by molar-refractivity contribution is -0.191. The summed E-state index contributed by atoms with van der Waals surface area (Å²) in [5, 5.41) is 9.70. The van der Waals surface area contributed by atoms with E-state index in [-0.39, 0.29) is 24.3 Å². The Morgan fingerprint density at radius 3 is 3.15 bits per heavy atom. The van der Waals surface area contributed by atoms with Gasteiger partial charge in [0.25, 0.3) is 0 Å². The maximum atomic E-state index is 11.0. The Morgan fingerprint density at radius 2 is 2.31 bits per heavy atom. The number of aliphatic hydroxyl groups is 1. The van der Waals surface area contributed by atoms with E-state index in [0.29, 0.717) is 13.0 Å². The fourth-order valence-electron chi connectivity index (χ4n) is 2.23. The molecule has 0 radical (unpaired) electrons. The van der Waals surface area contributed by atoms with Gasteiger partial charge in [0.15, 0.2) is 6.29 Å². The first-order chi connectivity index (χ1) is 6.25. The second-order valence-electron chi connectivity index (χ2n) is 3.69. The van der Waals surface area contributed by atoms with Gasteiger partial charge in [0.1, 0.15) is 18.3 Å². The third-order valence-electron chi connectivity index (χ3n) is 2.89. The zero-order chi connectivity index (χ0) is 9.00. The molecule has 0 saturated carbocycles. The summed E-state index contributed by atoms with van der Waals surface area (Å²) in [5.41, 5.74) is 0. The molecule has 3 saturated heterocycles. The fourth-order valence-corrected chi connectivity index (χ4v) is 2.23. The van der Waals surface area contributed by atoms with Crippen LogP contribution in [0.4, 0.5) is 0 Å². The predicted octanol–water partition coefficient (Wildman–Crippen LogP) is -0.966. The highest BCUT2D eigenvalue weighted by Crippen LogP contribution is 2.39. The Bertz CT molecular complexity index is 245. The van der Waals surface area contributed by atoms with Crippen LogP contribution in [0, 0.1) is 5.92 Å². The molecule has 2 bridgehead atoms. The summed E-state index contributed by atoms with van der Waals surface area (Å²) in [6, 6.07) is 0. The lowest BCUT2D eigenvalue weighted by atomic mass is 9.92. The molecule has 13 heavy (non-hydrogen) atoms. The molecule has 0 amide bonds. The van der Waals surface area contributed by atoms with Crippen molar-refractivity contribution in [2.75, 3.05) is 6.61 Å². The van der Waals surface area contributed by atoms with Crippen LogP contribution in [0.1, 0.15) is 6.42 Å². The molecule has 0 aliphatic carbocycles. The van der Waals surface area contributed by atoms with Crippen LogP contribution in [0.5, 0.6) is 0 Å². The number of carbonyl (C=O) groups is 1. The summed E-state index contributed by atoms with van der Waals surface area (Å²) in [4.78, 5) is 11.0. The first-order valence-electron chi connectivity index (χ1n) is 4.40. The largest absolute Gasteiger partial charge is 0.459 e. The molecule has 0 aromatic carbocycles. The van der Waals surface area contributed by atoms with Crippen LogP contribution < -0.4 is 0 Å². The third kappa shape index (κ3) is 0.948. The Morgan fingerprint density at radius 1 is 1.46 bits per heavy atom. The number of fused-ring (bicyclic) bond motifs is 4. The molecule has 0 aromatic rings. The second-order valence-corrected chi connectivity index (χ2v) is 3.69. The van der Waals surface area contributed by atoms with Gasteiger partial charge in [-0.3, -0.25) is 4.79 Å². The number of ether oxygens (including phenoxy) is 3. The molecule has 3 heterocycles. The van der Waals surface area contributed by atoms with Crippen molar-refractivity contribution in [3.8, 4) is 0 Å². The molecule has 3 aliphatic heterocycles. The minimum Gasteiger partial charge on any atom is -0.459 e. The van der Waals surface area contributed by atoms with Gasteiger partial charge in [0.2, 0.25) is 0 Å². The van der Waals surface area contributed by atoms with Gasteiger partial charge in [0.05, 0.1) is 18.9 Å². The molecule has 72 valence electrons. The number of hydrogen-bond donors (Lipinski definition) is 1. The van der Waals surface area contributed by atoms with E-state index in [2.05, 4.69) is 0 Å². The van der Waals surface area contributed by atoms with Crippen molar-refractivity contribution in [2.24, 2.45) is 5.92 Å². The van der Waals surface area contributed by atoms with Crippen molar-refractivity contribution in [3.05, 3.63) is 0 Å². The SMILES string of the molecule is O=C1CC2C3OCC(O3)C(O)C2O1. The standard InChI is InChI=1S/C8H10O5/c9-5-1-3-7(13-5)6(10)4-2-11-8(3)12-4/h3-4,6-8,10H,1-2H2. The lowest BCUT2D eigenvalue weighted by Gasteiger charge is -2.32. The molecule has 5 unspecified atom stereocenters. The molecular formula is C8H10O5. The Balaban J connectivity index is 1.91. The molecule has 3 rings (SSSR count). The van der Waals surface area contributed by atoms with Gasteiger partial charge in [-0.2, -0.15) is 0 Å². The summed E-state index contributed by atoms with van der Waals surface area (Å²) < 4.78 is 15.7. The van der Waals surface area contributed by atoms with Crippen LogP contribution in [0.15, 0.2) is 0 Å². The summed E-state index contributed by atoms with van der Waals surface area (Å²) in [6.07, 6.45) is -1.53. The van der Waals surface area contributed by atoms with E-state index < -0.39 is 12.2 Å². The second kappa shape index (κ2) is 2.43. The van der Waals surface area contributed by atoms with Crippen molar-refractivity contribution in [2.45, 2.75) is 31.0 Å². The van der Waals surface area contributed by atoms with Crippen molar-refractivity contribution in [1.82, 2.24) is 0 Å². The van der Waals surface area contributed by atoms with E-state index in [1.165, 1.54) is 0 Å². The highest BCUT2D eigenvalue weighted by Gasteiger charge is 2.55. The summed E-state index contributed by atoms with van der Waals surface area (Å²) in [5.74, 6) is -0.393. The average Bonchev–Trinajstić information content (AvgIpc) is 2.65. The van der Waals surface area contributed by atoms with Gasteiger partial charge in [-0.05, 0) is 0 Å². The molecule has 5 atom stereocenters. The predicted molar refractivity (Wildman–Crippen MR) is 38.6 cm³/mol. The van der Waals surface area contributed by atoms with Crippen molar-refractivity contribution < 1.29 is 24.1 Å². The number of esters is 1. The highest BCUT2D eigenvalue weighted by molar-refractivity contribution is 5.72. The highest BCUT2D eigenvalue weighted by atomic mass is 16.7. The molecule has 3 fully saturated rings. The smallest absolute Gasteiger partial charge is 0.306 e. The summed E-state index contributed by atoms with van der Waals surface area (Å²) in [6.45, 7) is 0.399. The van der Waals surface area contributed by atoms with Crippen LogP contribution in [0.2, 0.25) is 0 Å². The molecular weight excluding hydrogens is 176 g/mol. The monoisotopic (exact) mass is 186 g/mol. The minimum absolute atomic E-state index is 0.124.